The molecule has 1 aromatic carbocycles. The number of benzene rings is 1. The molecule has 28 heavy (non-hydrogen) atoms. The van der Waals surface area contributed by atoms with Crippen LogP contribution in [-0.4, -0.2) is 32.0 Å². The van der Waals surface area contributed by atoms with Gasteiger partial charge in [-0.15, -0.1) is 0 Å². The molecular weight excluding hydrogens is 370 g/mol. The minimum Gasteiger partial charge on any atom is -0.489 e. The molecule has 2 aliphatic rings. The molecular formula is C20H22F2N2O4. The topological polar surface area (TPSA) is 92.4 Å². The molecule has 3 rings (SSSR count). The molecule has 6 nitrogen and oxygen atoms in total. The molecule has 0 bridgehead atoms. The van der Waals surface area contributed by atoms with Gasteiger partial charge in [0.25, 0.3) is 0 Å². The minimum absolute atomic E-state index is 0.0828. The Morgan fingerprint density at radius 3 is 2.75 bits per heavy atom. The van der Waals surface area contributed by atoms with Crippen LogP contribution >= 0.6 is 0 Å². The van der Waals surface area contributed by atoms with E-state index in [4.69, 9.17) is 14.9 Å². The molecule has 0 amide bonds. The van der Waals surface area contributed by atoms with Crippen molar-refractivity contribution in [3.05, 3.63) is 23.8 Å². The summed E-state index contributed by atoms with van der Waals surface area (Å²) in [7, 11) is 1.25. The Kier molecular flexibility index (Phi) is 5.82. The lowest BCUT2D eigenvalue weighted by atomic mass is 9.66. The Bertz CT molecular complexity index is 796. The van der Waals surface area contributed by atoms with Gasteiger partial charge in [-0.2, -0.15) is 14.0 Å². The van der Waals surface area contributed by atoms with Crippen LogP contribution in [0.25, 0.3) is 0 Å². The molecule has 0 aromatic heterocycles. The van der Waals surface area contributed by atoms with Crippen LogP contribution in [0.15, 0.2) is 18.2 Å². The Morgan fingerprint density at radius 1 is 1.39 bits per heavy atom. The van der Waals surface area contributed by atoms with E-state index in [9.17, 15) is 18.8 Å². The number of nitrogens with one attached hydrogen (secondary N) is 1. The van der Waals surface area contributed by atoms with E-state index in [0.717, 1.165) is 12.8 Å². The zero-order valence-corrected chi connectivity index (χ0v) is 15.5. The summed E-state index contributed by atoms with van der Waals surface area (Å²) in [5.41, 5.74) is -0.242. The van der Waals surface area contributed by atoms with Crippen molar-refractivity contribution < 1.29 is 27.8 Å². The van der Waals surface area contributed by atoms with Gasteiger partial charge < -0.3 is 19.6 Å². The molecule has 0 aliphatic heterocycles. The van der Waals surface area contributed by atoms with Gasteiger partial charge in [0, 0.05) is 5.71 Å². The third-order valence-electron chi connectivity index (χ3n) is 5.38. The predicted molar refractivity (Wildman–Crippen MR) is 95.7 cm³/mol. The van der Waals surface area contributed by atoms with Gasteiger partial charge in [-0.3, -0.25) is 4.79 Å². The van der Waals surface area contributed by atoms with Gasteiger partial charge in [0.05, 0.1) is 31.1 Å². The summed E-state index contributed by atoms with van der Waals surface area (Å²) in [6.07, 6.45) is 2.81. The summed E-state index contributed by atoms with van der Waals surface area (Å²) in [5, 5.41) is 18.0. The average molecular weight is 392 g/mol. The zero-order valence-electron chi connectivity index (χ0n) is 15.5. The monoisotopic (exact) mass is 392 g/mol. The van der Waals surface area contributed by atoms with Gasteiger partial charge in [-0.1, -0.05) is 6.07 Å². The lowest BCUT2D eigenvalue weighted by Crippen LogP contribution is -2.40. The van der Waals surface area contributed by atoms with Crippen LogP contribution in [0.1, 0.15) is 37.7 Å². The van der Waals surface area contributed by atoms with E-state index in [-0.39, 0.29) is 30.1 Å². The van der Waals surface area contributed by atoms with Gasteiger partial charge in [-0.05, 0) is 55.7 Å². The van der Waals surface area contributed by atoms with Crippen molar-refractivity contribution >= 4 is 11.7 Å². The van der Waals surface area contributed by atoms with Crippen LogP contribution in [0.3, 0.4) is 0 Å². The summed E-state index contributed by atoms with van der Waals surface area (Å²) in [5.74, 6) is -0.861. The largest absolute Gasteiger partial charge is 0.489 e. The first-order valence-corrected chi connectivity index (χ1v) is 9.17. The molecule has 150 valence electrons. The molecule has 2 atom stereocenters. The third-order valence-corrected chi connectivity index (χ3v) is 5.38. The first kappa shape index (κ1) is 20.1. The van der Waals surface area contributed by atoms with Crippen molar-refractivity contribution in [2.24, 2.45) is 11.8 Å². The number of rotatable bonds is 7. The number of hydrogen-bond donors (Lipinski definition) is 1. The summed E-state index contributed by atoms with van der Waals surface area (Å²) in [6.45, 7) is -2.59. The highest BCUT2D eigenvalue weighted by Gasteiger charge is 2.44. The fourth-order valence-electron chi connectivity index (χ4n) is 3.50. The van der Waals surface area contributed by atoms with Crippen molar-refractivity contribution in [2.45, 2.75) is 44.1 Å². The van der Waals surface area contributed by atoms with Crippen molar-refractivity contribution in [3.8, 4) is 17.6 Å². The Morgan fingerprint density at radius 2 is 2.14 bits per heavy atom. The fourth-order valence-corrected chi connectivity index (χ4v) is 3.50. The highest BCUT2D eigenvalue weighted by Crippen LogP contribution is 2.44. The molecule has 2 fully saturated rings. The number of hydrogen-bond acceptors (Lipinski definition) is 6. The van der Waals surface area contributed by atoms with Gasteiger partial charge in [0.1, 0.15) is 0 Å². The van der Waals surface area contributed by atoms with Crippen molar-refractivity contribution in [3.63, 3.8) is 0 Å². The first-order valence-electron chi connectivity index (χ1n) is 9.17. The SMILES string of the molecule is COC(=O)C1CC(C#N)(c2ccc(OC(F)F)c(OCC3CC3)c2)CCC1=N. The highest BCUT2D eigenvalue weighted by atomic mass is 19.3. The normalized spacial score (nSPS) is 24.5. The fraction of sp³-hybridized carbons (Fsp3) is 0.550. The molecule has 2 unspecified atom stereocenters. The summed E-state index contributed by atoms with van der Waals surface area (Å²) >= 11 is 0. The van der Waals surface area contributed by atoms with E-state index in [1.807, 2.05) is 0 Å². The molecule has 0 saturated heterocycles. The van der Waals surface area contributed by atoms with Crippen molar-refractivity contribution in [1.82, 2.24) is 0 Å². The van der Waals surface area contributed by atoms with Crippen LogP contribution in [0.2, 0.25) is 0 Å². The molecule has 8 heteroatoms. The van der Waals surface area contributed by atoms with Crippen LogP contribution in [0.5, 0.6) is 11.5 Å². The van der Waals surface area contributed by atoms with E-state index in [0.29, 0.717) is 24.5 Å². The van der Waals surface area contributed by atoms with E-state index in [2.05, 4.69) is 10.8 Å². The van der Waals surface area contributed by atoms with Gasteiger partial charge in [0.15, 0.2) is 11.5 Å². The number of carbonyl (C=O) groups excluding carboxylic acids is 1. The predicted octanol–water partition coefficient (Wildman–Crippen LogP) is 3.83. The average Bonchev–Trinajstić information content (AvgIpc) is 3.51. The van der Waals surface area contributed by atoms with E-state index >= 15 is 0 Å². The van der Waals surface area contributed by atoms with Gasteiger partial charge in [0.2, 0.25) is 0 Å². The minimum atomic E-state index is -2.99. The summed E-state index contributed by atoms with van der Waals surface area (Å²) in [6, 6.07) is 6.75. The molecule has 0 spiro atoms. The second-order valence-corrected chi connectivity index (χ2v) is 7.29. The molecule has 2 aliphatic carbocycles. The van der Waals surface area contributed by atoms with Crippen LogP contribution in [0, 0.1) is 28.6 Å². The molecule has 1 aromatic rings. The lowest BCUT2D eigenvalue weighted by molar-refractivity contribution is -0.143. The smallest absolute Gasteiger partial charge is 0.387 e. The van der Waals surface area contributed by atoms with E-state index in [1.165, 1.54) is 13.2 Å². The van der Waals surface area contributed by atoms with Crippen LogP contribution in [-0.2, 0) is 14.9 Å². The maximum absolute atomic E-state index is 12.7. The van der Waals surface area contributed by atoms with Gasteiger partial charge >= 0.3 is 12.6 Å². The molecule has 0 radical (unpaired) electrons. The highest BCUT2D eigenvalue weighted by molar-refractivity contribution is 6.01. The number of ether oxygens (including phenoxy) is 3. The number of nitrogens with zero attached hydrogens (tertiary/aromatic N) is 1. The van der Waals surface area contributed by atoms with Gasteiger partial charge in [-0.25, -0.2) is 0 Å². The van der Waals surface area contributed by atoms with E-state index < -0.39 is 23.9 Å². The zero-order chi connectivity index (χ0) is 20.3. The maximum atomic E-state index is 12.7. The van der Waals surface area contributed by atoms with Crippen LogP contribution < -0.4 is 9.47 Å². The van der Waals surface area contributed by atoms with Crippen molar-refractivity contribution in [2.75, 3.05) is 13.7 Å². The standard InChI is InChI=1S/C20H22F2N2O4/c1-26-18(25)14-9-20(11-23,7-6-15(14)24)13-4-5-16(28-19(21)22)17(8-13)27-10-12-2-3-12/h4-5,8,12,14,19,24H,2-3,6-7,9-10H2,1H3. The first-order chi connectivity index (χ1) is 13.4. The Balaban J connectivity index is 1.92. The molecule has 1 N–H and O–H groups in total. The second-order valence-electron chi connectivity index (χ2n) is 7.29. The number of nitriles is 1. The number of methoxy groups -OCH3 is 1. The second kappa shape index (κ2) is 8.13. The van der Waals surface area contributed by atoms with Crippen LogP contribution in [0.4, 0.5) is 8.78 Å². The summed E-state index contributed by atoms with van der Waals surface area (Å²) < 4.78 is 40.5. The maximum Gasteiger partial charge on any atom is 0.387 e. The van der Waals surface area contributed by atoms with E-state index in [1.54, 1.807) is 12.1 Å². The number of alkyl halides is 2. The number of halogens is 2. The Labute approximate surface area is 161 Å². The van der Waals surface area contributed by atoms with Crippen molar-refractivity contribution in [1.29, 1.82) is 10.7 Å². The Hall–Kier alpha value is -2.69. The quantitative estimate of drug-likeness (QED) is 0.712. The summed E-state index contributed by atoms with van der Waals surface area (Å²) in [4.78, 5) is 12.0. The number of esters is 1. The third kappa shape index (κ3) is 4.24. The molecule has 0 heterocycles. The number of carbonyl (C=O) groups is 1. The molecule has 2 saturated carbocycles. The lowest BCUT2D eigenvalue weighted by Gasteiger charge is -2.35.